The predicted molar refractivity (Wildman–Crippen MR) is 123 cm³/mol. The van der Waals surface area contributed by atoms with Gasteiger partial charge in [0, 0.05) is 64.3 Å². The van der Waals surface area contributed by atoms with E-state index in [0.29, 0.717) is 43.2 Å². The van der Waals surface area contributed by atoms with E-state index < -0.39 is 10.0 Å². The maximum absolute atomic E-state index is 13.6. The Morgan fingerprint density at radius 3 is 2.39 bits per heavy atom. The van der Waals surface area contributed by atoms with Crippen molar-refractivity contribution < 1.29 is 13.2 Å². The molecule has 7 nitrogen and oxygen atoms in total. The molecule has 0 bridgehead atoms. The van der Waals surface area contributed by atoms with Crippen molar-refractivity contribution in [3.8, 4) is 0 Å². The SMILES string of the molecule is Cc1ccccc1S(=O)(=O)N(CCC(=O)N1CCNCC1)CCN1[C@H](C)CCC[C@H]1C. The first kappa shape index (κ1) is 24.2. The first-order chi connectivity index (χ1) is 14.8. The summed E-state index contributed by atoms with van der Waals surface area (Å²) in [5.41, 5.74) is 0.737. The quantitative estimate of drug-likeness (QED) is 0.656. The number of nitrogens with one attached hydrogen (secondary N) is 1. The van der Waals surface area contributed by atoms with Gasteiger partial charge in [-0.15, -0.1) is 0 Å². The number of benzene rings is 1. The van der Waals surface area contributed by atoms with Crippen LogP contribution in [-0.2, 0) is 14.8 Å². The number of piperidine rings is 1. The average molecular weight is 451 g/mol. The summed E-state index contributed by atoms with van der Waals surface area (Å²) in [6.45, 7) is 10.5. The third kappa shape index (κ3) is 6.06. The van der Waals surface area contributed by atoms with Crippen LogP contribution in [0.1, 0.15) is 45.1 Å². The minimum Gasteiger partial charge on any atom is -0.340 e. The lowest BCUT2D eigenvalue weighted by molar-refractivity contribution is -0.131. The summed E-state index contributed by atoms with van der Waals surface area (Å²) in [6, 6.07) is 8.01. The number of sulfonamides is 1. The van der Waals surface area contributed by atoms with Crippen LogP contribution in [0.5, 0.6) is 0 Å². The molecule has 2 atom stereocenters. The highest BCUT2D eigenvalue weighted by atomic mass is 32.2. The van der Waals surface area contributed by atoms with Crippen molar-refractivity contribution in [2.24, 2.45) is 0 Å². The van der Waals surface area contributed by atoms with Crippen LogP contribution < -0.4 is 5.32 Å². The number of hydrogen-bond acceptors (Lipinski definition) is 5. The molecule has 3 rings (SSSR count). The normalized spacial score (nSPS) is 23.3. The second-order valence-corrected chi connectivity index (χ2v) is 10.8. The van der Waals surface area contributed by atoms with Gasteiger partial charge in [-0.3, -0.25) is 9.69 Å². The van der Waals surface area contributed by atoms with Crippen LogP contribution >= 0.6 is 0 Å². The van der Waals surface area contributed by atoms with Crippen LogP contribution in [0.2, 0.25) is 0 Å². The van der Waals surface area contributed by atoms with Gasteiger partial charge in [-0.2, -0.15) is 4.31 Å². The summed E-state index contributed by atoms with van der Waals surface area (Å²) in [6.07, 6.45) is 3.74. The van der Waals surface area contributed by atoms with E-state index in [1.807, 2.05) is 24.0 Å². The fraction of sp³-hybridized carbons (Fsp3) is 0.696. The molecule has 174 valence electrons. The molecule has 2 aliphatic heterocycles. The van der Waals surface area contributed by atoms with Gasteiger partial charge in [-0.1, -0.05) is 24.6 Å². The maximum Gasteiger partial charge on any atom is 0.243 e. The van der Waals surface area contributed by atoms with Gasteiger partial charge in [0.25, 0.3) is 0 Å². The maximum atomic E-state index is 13.6. The van der Waals surface area contributed by atoms with Crippen molar-refractivity contribution in [3.05, 3.63) is 29.8 Å². The van der Waals surface area contributed by atoms with E-state index in [0.717, 1.165) is 31.5 Å². The van der Waals surface area contributed by atoms with E-state index in [1.54, 1.807) is 12.1 Å². The van der Waals surface area contributed by atoms with Crippen molar-refractivity contribution in [1.29, 1.82) is 0 Å². The Kier molecular flexibility index (Phi) is 8.50. The van der Waals surface area contributed by atoms with Gasteiger partial charge >= 0.3 is 0 Å². The van der Waals surface area contributed by atoms with E-state index in [-0.39, 0.29) is 18.9 Å². The number of likely N-dealkylation sites (tertiary alicyclic amines) is 1. The van der Waals surface area contributed by atoms with Crippen molar-refractivity contribution >= 4 is 15.9 Å². The topological polar surface area (TPSA) is 73.0 Å². The molecule has 1 amide bonds. The third-order valence-corrected chi connectivity index (χ3v) is 8.80. The van der Waals surface area contributed by atoms with Gasteiger partial charge in [-0.25, -0.2) is 8.42 Å². The molecule has 31 heavy (non-hydrogen) atoms. The molecule has 2 aliphatic rings. The molecule has 1 aromatic carbocycles. The highest BCUT2D eigenvalue weighted by Crippen LogP contribution is 2.24. The zero-order chi connectivity index (χ0) is 22.4. The summed E-state index contributed by atoms with van der Waals surface area (Å²) in [4.78, 5) is 17.3. The van der Waals surface area contributed by atoms with Gasteiger partial charge in [0.2, 0.25) is 15.9 Å². The van der Waals surface area contributed by atoms with E-state index in [2.05, 4.69) is 24.1 Å². The molecule has 0 saturated carbocycles. The molecular formula is C23H38N4O3S. The molecule has 2 heterocycles. The van der Waals surface area contributed by atoms with Crippen molar-refractivity contribution in [3.63, 3.8) is 0 Å². The lowest BCUT2D eigenvalue weighted by Gasteiger charge is -2.40. The van der Waals surface area contributed by atoms with Gasteiger partial charge in [0.15, 0.2) is 0 Å². The minimum absolute atomic E-state index is 0.0335. The molecule has 0 unspecified atom stereocenters. The zero-order valence-corrected chi connectivity index (χ0v) is 20.0. The Hall–Kier alpha value is -1.48. The lowest BCUT2D eigenvalue weighted by atomic mass is 9.98. The van der Waals surface area contributed by atoms with Gasteiger partial charge in [0.1, 0.15) is 0 Å². The fourth-order valence-electron chi connectivity index (χ4n) is 4.77. The van der Waals surface area contributed by atoms with Crippen LogP contribution in [0.4, 0.5) is 0 Å². The summed E-state index contributed by atoms with van der Waals surface area (Å²) < 4.78 is 28.6. The second-order valence-electron chi connectivity index (χ2n) is 8.92. The van der Waals surface area contributed by atoms with Crippen LogP contribution in [0.15, 0.2) is 29.2 Å². The van der Waals surface area contributed by atoms with Crippen LogP contribution in [-0.4, -0.2) is 86.3 Å². The molecule has 2 fully saturated rings. The fourth-order valence-corrected chi connectivity index (χ4v) is 6.43. The molecule has 8 heteroatoms. The first-order valence-electron chi connectivity index (χ1n) is 11.6. The third-order valence-electron chi connectivity index (χ3n) is 6.74. The van der Waals surface area contributed by atoms with Gasteiger partial charge in [-0.05, 0) is 45.2 Å². The molecule has 0 aliphatic carbocycles. The largest absolute Gasteiger partial charge is 0.340 e. The Bertz CT molecular complexity index is 829. The number of nitrogens with zero attached hydrogens (tertiary/aromatic N) is 3. The number of carbonyl (C=O) groups is 1. The van der Waals surface area contributed by atoms with Crippen molar-refractivity contribution in [2.75, 3.05) is 45.8 Å². The smallest absolute Gasteiger partial charge is 0.243 e. The Labute approximate surface area is 187 Å². The van der Waals surface area contributed by atoms with Gasteiger partial charge in [0.05, 0.1) is 4.90 Å². The van der Waals surface area contributed by atoms with Gasteiger partial charge < -0.3 is 10.2 Å². The summed E-state index contributed by atoms with van der Waals surface area (Å²) in [5, 5.41) is 3.25. The van der Waals surface area contributed by atoms with Crippen LogP contribution in [0.3, 0.4) is 0 Å². The summed E-state index contributed by atoms with van der Waals surface area (Å²) in [7, 11) is -3.67. The number of piperazine rings is 1. The molecular weight excluding hydrogens is 412 g/mol. The Balaban J connectivity index is 1.74. The molecule has 1 N–H and O–H groups in total. The molecule has 0 spiro atoms. The van der Waals surface area contributed by atoms with E-state index in [9.17, 15) is 13.2 Å². The number of hydrogen-bond donors (Lipinski definition) is 1. The molecule has 2 saturated heterocycles. The van der Waals surface area contributed by atoms with Crippen LogP contribution in [0.25, 0.3) is 0 Å². The zero-order valence-electron chi connectivity index (χ0n) is 19.2. The molecule has 0 aromatic heterocycles. The first-order valence-corrected chi connectivity index (χ1v) is 13.0. The number of aryl methyl sites for hydroxylation is 1. The van der Waals surface area contributed by atoms with E-state index in [1.165, 1.54) is 10.7 Å². The van der Waals surface area contributed by atoms with E-state index >= 15 is 0 Å². The standard InChI is InChI=1S/C23H38N4O3S/c1-19-7-4-5-10-22(19)31(29,30)26(14-11-23(28)25-15-12-24-13-16-25)17-18-27-20(2)8-6-9-21(27)3/h4-5,7,10,20-21,24H,6,8-9,11-18H2,1-3H3/t20-,21-/m1/s1. The van der Waals surface area contributed by atoms with Crippen molar-refractivity contribution in [2.45, 2.75) is 63.4 Å². The second kappa shape index (κ2) is 10.9. The summed E-state index contributed by atoms with van der Waals surface area (Å²) in [5.74, 6) is 0.0335. The average Bonchev–Trinajstić information content (AvgIpc) is 2.75. The van der Waals surface area contributed by atoms with E-state index in [4.69, 9.17) is 0 Å². The highest BCUT2D eigenvalue weighted by Gasteiger charge is 2.30. The number of carbonyl (C=O) groups excluding carboxylic acids is 1. The Morgan fingerprint density at radius 2 is 1.74 bits per heavy atom. The molecule has 0 radical (unpaired) electrons. The monoisotopic (exact) mass is 450 g/mol. The number of amides is 1. The molecule has 1 aromatic rings. The van der Waals surface area contributed by atoms with Crippen molar-refractivity contribution in [1.82, 2.24) is 19.4 Å². The lowest BCUT2D eigenvalue weighted by Crippen LogP contribution is -2.49. The minimum atomic E-state index is -3.67. The highest BCUT2D eigenvalue weighted by molar-refractivity contribution is 7.89. The predicted octanol–water partition coefficient (Wildman–Crippen LogP) is 2.07. The summed E-state index contributed by atoms with van der Waals surface area (Å²) >= 11 is 0. The van der Waals surface area contributed by atoms with Crippen LogP contribution in [0, 0.1) is 6.92 Å². The Morgan fingerprint density at radius 1 is 1.10 bits per heavy atom. The number of rotatable bonds is 8.